The Morgan fingerprint density at radius 3 is 2.09 bits per heavy atom. The van der Waals surface area contributed by atoms with Crippen molar-refractivity contribution in [2.24, 2.45) is 11.7 Å². The van der Waals surface area contributed by atoms with Crippen molar-refractivity contribution in [2.75, 3.05) is 32.1 Å². The molecule has 5 heteroatoms. The van der Waals surface area contributed by atoms with Crippen LogP contribution in [0.1, 0.15) is 20.8 Å². The molecule has 0 unspecified atom stereocenters. The van der Waals surface area contributed by atoms with E-state index in [4.69, 9.17) is 5.73 Å². The van der Waals surface area contributed by atoms with Crippen LogP contribution in [0, 0.1) is 5.92 Å². The van der Waals surface area contributed by atoms with Gasteiger partial charge >= 0.3 is 0 Å². The maximum atomic E-state index is 13.0. The predicted molar refractivity (Wildman–Crippen MR) is 94.1 cm³/mol. The van der Waals surface area contributed by atoms with Crippen LogP contribution in [0.3, 0.4) is 0 Å². The lowest BCUT2D eigenvalue weighted by atomic mass is 9.98. The van der Waals surface area contributed by atoms with E-state index in [9.17, 15) is 9.59 Å². The Labute approximate surface area is 138 Å². The van der Waals surface area contributed by atoms with Gasteiger partial charge in [0.1, 0.15) is 5.57 Å². The van der Waals surface area contributed by atoms with Crippen molar-refractivity contribution in [3.63, 3.8) is 0 Å². The molecular formula is C18H27N3O2. The van der Waals surface area contributed by atoms with E-state index in [0.717, 1.165) is 5.69 Å². The summed E-state index contributed by atoms with van der Waals surface area (Å²) in [5.74, 6) is -0.837. The SMILES string of the molecule is CC(N)=C(C(=O)C(C)C)C(=O)N(CCN(C)C)c1ccccc1. The number of allylic oxidation sites excluding steroid dienone is 1. The Morgan fingerprint density at radius 2 is 1.65 bits per heavy atom. The van der Waals surface area contributed by atoms with Gasteiger partial charge in [-0.15, -0.1) is 0 Å². The molecular weight excluding hydrogens is 290 g/mol. The van der Waals surface area contributed by atoms with E-state index in [2.05, 4.69) is 0 Å². The number of hydrogen-bond acceptors (Lipinski definition) is 4. The van der Waals surface area contributed by atoms with Gasteiger partial charge < -0.3 is 15.5 Å². The topological polar surface area (TPSA) is 66.6 Å². The van der Waals surface area contributed by atoms with Crippen molar-refractivity contribution >= 4 is 17.4 Å². The van der Waals surface area contributed by atoms with E-state index in [0.29, 0.717) is 13.1 Å². The van der Waals surface area contributed by atoms with Gasteiger partial charge in [0, 0.05) is 30.4 Å². The average Bonchev–Trinajstić information content (AvgIpc) is 2.47. The Bertz CT molecular complexity index is 573. The van der Waals surface area contributed by atoms with Crippen molar-refractivity contribution in [1.82, 2.24) is 4.90 Å². The number of nitrogens with zero attached hydrogens (tertiary/aromatic N) is 2. The van der Waals surface area contributed by atoms with E-state index in [-0.39, 0.29) is 28.9 Å². The van der Waals surface area contributed by atoms with E-state index in [1.807, 2.05) is 49.3 Å². The summed E-state index contributed by atoms with van der Waals surface area (Å²) in [7, 11) is 3.88. The molecule has 23 heavy (non-hydrogen) atoms. The number of carbonyl (C=O) groups is 2. The number of ketones is 1. The second-order valence-electron chi connectivity index (χ2n) is 6.17. The summed E-state index contributed by atoms with van der Waals surface area (Å²) >= 11 is 0. The van der Waals surface area contributed by atoms with E-state index >= 15 is 0 Å². The molecule has 0 bridgehead atoms. The van der Waals surface area contributed by atoms with Crippen LogP contribution in [0.15, 0.2) is 41.6 Å². The lowest BCUT2D eigenvalue weighted by molar-refractivity contribution is -0.123. The fourth-order valence-electron chi connectivity index (χ4n) is 2.15. The predicted octanol–water partition coefficient (Wildman–Crippen LogP) is 2.04. The molecule has 1 aromatic rings. The first-order valence-corrected chi connectivity index (χ1v) is 7.78. The molecule has 2 N–H and O–H groups in total. The molecule has 1 rings (SSSR count). The highest BCUT2D eigenvalue weighted by atomic mass is 16.2. The summed E-state index contributed by atoms with van der Waals surface area (Å²) in [6.07, 6.45) is 0. The zero-order chi connectivity index (χ0) is 17.6. The second kappa shape index (κ2) is 8.48. The zero-order valence-electron chi connectivity index (χ0n) is 14.7. The molecule has 0 radical (unpaired) electrons. The van der Waals surface area contributed by atoms with Crippen molar-refractivity contribution in [2.45, 2.75) is 20.8 Å². The van der Waals surface area contributed by atoms with Crippen LogP contribution in [0.2, 0.25) is 0 Å². The molecule has 1 amide bonds. The average molecular weight is 317 g/mol. The maximum absolute atomic E-state index is 13.0. The summed E-state index contributed by atoms with van der Waals surface area (Å²) in [6, 6.07) is 9.35. The monoisotopic (exact) mass is 317 g/mol. The molecule has 0 aliphatic heterocycles. The number of amides is 1. The van der Waals surface area contributed by atoms with E-state index in [1.165, 1.54) is 0 Å². The quantitative estimate of drug-likeness (QED) is 0.475. The molecule has 126 valence electrons. The first kappa shape index (κ1) is 18.9. The molecule has 0 saturated heterocycles. The Morgan fingerprint density at radius 1 is 1.09 bits per heavy atom. The number of benzene rings is 1. The molecule has 0 aliphatic carbocycles. The van der Waals surface area contributed by atoms with Crippen molar-refractivity contribution in [1.29, 1.82) is 0 Å². The van der Waals surface area contributed by atoms with Crippen LogP contribution in [0.25, 0.3) is 0 Å². The number of likely N-dealkylation sites (N-methyl/N-ethyl adjacent to an activating group) is 1. The summed E-state index contributed by atoms with van der Waals surface area (Å²) in [5, 5.41) is 0. The Kier molecular flexibility index (Phi) is 6.97. The summed E-state index contributed by atoms with van der Waals surface area (Å²) in [6.45, 7) is 6.31. The molecule has 0 fully saturated rings. The third-order valence-electron chi connectivity index (χ3n) is 3.46. The molecule has 1 aromatic carbocycles. The van der Waals surface area contributed by atoms with Gasteiger partial charge in [0.15, 0.2) is 5.78 Å². The van der Waals surface area contributed by atoms with Crippen LogP contribution in [0.4, 0.5) is 5.69 Å². The highest BCUT2D eigenvalue weighted by Crippen LogP contribution is 2.19. The highest BCUT2D eigenvalue weighted by Gasteiger charge is 2.28. The van der Waals surface area contributed by atoms with Gasteiger partial charge in [0.2, 0.25) is 0 Å². The molecule has 0 heterocycles. The number of nitrogens with two attached hydrogens (primary N) is 1. The molecule has 0 saturated carbocycles. The first-order chi connectivity index (χ1) is 10.8. The summed E-state index contributed by atoms with van der Waals surface area (Å²) < 4.78 is 0. The van der Waals surface area contributed by atoms with Gasteiger partial charge in [0.05, 0.1) is 0 Å². The number of carbonyl (C=O) groups excluding carboxylic acids is 2. The molecule has 0 spiro atoms. The standard InChI is InChI=1S/C18H27N3O2/c1-13(2)17(22)16(14(3)19)18(23)21(12-11-20(4)5)15-9-7-6-8-10-15/h6-10,13H,11-12,19H2,1-5H3. The smallest absolute Gasteiger partial charge is 0.263 e. The fraction of sp³-hybridized carbons (Fsp3) is 0.444. The van der Waals surface area contributed by atoms with E-state index < -0.39 is 0 Å². The minimum Gasteiger partial charge on any atom is -0.402 e. The lowest BCUT2D eigenvalue weighted by Crippen LogP contribution is -2.40. The van der Waals surface area contributed by atoms with Crippen molar-refractivity contribution < 1.29 is 9.59 Å². The second-order valence-corrected chi connectivity index (χ2v) is 6.17. The van der Waals surface area contributed by atoms with Gasteiger partial charge in [0.25, 0.3) is 5.91 Å². The highest BCUT2D eigenvalue weighted by molar-refractivity contribution is 6.25. The fourth-order valence-corrected chi connectivity index (χ4v) is 2.15. The minimum absolute atomic E-state index is 0.0857. The van der Waals surface area contributed by atoms with Gasteiger partial charge in [-0.3, -0.25) is 9.59 Å². The largest absolute Gasteiger partial charge is 0.402 e. The molecule has 0 aromatic heterocycles. The summed E-state index contributed by atoms with van der Waals surface area (Å²) in [4.78, 5) is 29.0. The third kappa shape index (κ3) is 5.21. The number of rotatable bonds is 7. The Balaban J connectivity index is 3.21. The third-order valence-corrected chi connectivity index (χ3v) is 3.46. The molecule has 0 atom stereocenters. The first-order valence-electron chi connectivity index (χ1n) is 7.78. The van der Waals surface area contributed by atoms with Crippen LogP contribution >= 0.6 is 0 Å². The normalized spacial score (nSPS) is 12.3. The lowest BCUT2D eigenvalue weighted by Gasteiger charge is -2.26. The molecule has 5 nitrogen and oxygen atoms in total. The number of Topliss-reactive ketones (excluding diaryl/α,β-unsaturated/α-hetero) is 1. The zero-order valence-corrected chi connectivity index (χ0v) is 14.7. The van der Waals surface area contributed by atoms with Crippen LogP contribution in [-0.2, 0) is 9.59 Å². The number of para-hydroxylation sites is 1. The van der Waals surface area contributed by atoms with Gasteiger partial charge in [-0.2, -0.15) is 0 Å². The maximum Gasteiger partial charge on any atom is 0.263 e. The van der Waals surface area contributed by atoms with E-state index in [1.54, 1.807) is 25.7 Å². The van der Waals surface area contributed by atoms with Gasteiger partial charge in [-0.25, -0.2) is 0 Å². The van der Waals surface area contributed by atoms with Gasteiger partial charge in [-0.05, 0) is 33.2 Å². The summed E-state index contributed by atoms with van der Waals surface area (Å²) in [5.41, 5.74) is 6.96. The minimum atomic E-state index is -0.336. The number of hydrogen-bond donors (Lipinski definition) is 1. The van der Waals surface area contributed by atoms with Crippen molar-refractivity contribution in [3.05, 3.63) is 41.6 Å². The number of anilines is 1. The van der Waals surface area contributed by atoms with Gasteiger partial charge in [-0.1, -0.05) is 32.0 Å². The molecule has 0 aliphatic rings. The van der Waals surface area contributed by atoms with Crippen LogP contribution in [-0.4, -0.2) is 43.8 Å². The van der Waals surface area contributed by atoms with Crippen molar-refractivity contribution in [3.8, 4) is 0 Å². The van der Waals surface area contributed by atoms with Crippen LogP contribution < -0.4 is 10.6 Å². The Hall–Kier alpha value is -2.14. The van der Waals surface area contributed by atoms with Crippen LogP contribution in [0.5, 0.6) is 0 Å².